The molecule has 0 bridgehead atoms. The molecule has 1 amide bonds. The minimum absolute atomic E-state index is 0.0372. The van der Waals surface area contributed by atoms with E-state index < -0.39 is 0 Å². The van der Waals surface area contributed by atoms with Crippen molar-refractivity contribution in [3.05, 3.63) is 66.0 Å². The van der Waals surface area contributed by atoms with Crippen LogP contribution in [0.25, 0.3) is 0 Å². The second kappa shape index (κ2) is 8.75. The Bertz CT molecular complexity index is 937. The molecule has 0 N–H and O–H groups in total. The van der Waals surface area contributed by atoms with Crippen LogP contribution in [0.15, 0.2) is 59.7 Å². The normalized spacial score (nSPS) is 19.7. The standard InChI is InChI=1S/C23H25FN4O2/c1-17-15-21(28(25-17)20-5-3-2-4-6-20)23(30)27-13-11-26(12-14-27)16-22(29)18-7-9-19(24)10-8-18/h2-10,21H,11-16H2,1H3. The lowest BCUT2D eigenvalue weighted by molar-refractivity contribution is -0.134. The summed E-state index contributed by atoms with van der Waals surface area (Å²) >= 11 is 0. The van der Waals surface area contributed by atoms with Crippen LogP contribution in [0, 0.1) is 5.82 Å². The van der Waals surface area contributed by atoms with Crippen LogP contribution in [0.3, 0.4) is 0 Å². The maximum atomic E-state index is 13.2. The molecule has 1 fully saturated rings. The maximum absolute atomic E-state index is 13.2. The van der Waals surface area contributed by atoms with Gasteiger partial charge in [0.1, 0.15) is 11.9 Å². The van der Waals surface area contributed by atoms with Gasteiger partial charge in [-0.25, -0.2) is 4.39 Å². The van der Waals surface area contributed by atoms with Gasteiger partial charge in [-0.2, -0.15) is 5.10 Å². The molecule has 2 aliphatic heterocycles. The molecule has 1 saturated heterocycles. The SMILES string of the molecule is CC1=NN(c2ccccc2)C(C(=O)N2CCN(CC(=O)c3ccc(F)cc3)CC2)C1. The molecule has 0 aromatic heterocycles. The Hall–Kier alpha value is -3.06. The topological polar surface area (TPSA) is 56.2 Å². The largest absolute Gasteiger partial charge is 0.338 e. The summed E-state index contributed by atoms with van der Waals surface area (Å²) in [5.41, 5.74) is 2.36. The number of rotatable bonds is 5. The summed E-state index contributed by atoms with van der Waals surface area (Å²) in [6.45, 7) is 4.65. The second-order valence-corrected chi connectivity index (χ2v) is 7.77. The molecule has 0 spiro atoms. The van der Waals surface area contributed by atoms with Gasteiger partial charge in [-0.05, 0) is 43.3 Å². The van der Waals surface area contributed by atoms with Crippen LogP contribution in [0.1, 0.15) is 23.7 Å². The average Bonchev–Trinajstić information content (AvgIpc) is 3.16. The highest BCUT2D eigenvalue weighted by atomic mass is 19.1. The van der Waals surface area contributed by atoms with E-state index in [1.165, 1.54) is 24.3 Å². The fraction of sp³-hybridized carbons (Fsp3) is 0.348. The first-order chi connectivity index (χ1) is 14.5. The van der Waals surface area contributed by atoms with E-state index in [1.807, 2.05) is 52.1 Å². The molecule has 4 rings (SSSR count). The van der Waals surface area contributed by atoms with E-state index in [0.717, 1.165) is 11.4 Å². The van der Waals surface area contributed by atoms with Crippen LogP contribution < -0.4 is 5.01 Å². The van der Waals surface area contributed by atoms with Crippen LogP contribution in [-0.2, 0) is 4.79 Å². The first-order valence-electron chi connectivity index (χ1n) is 10.2. The zero-order valence-corrected chi connectivity index (χ0v) is 17.0. The van der Waals surface area contributed by atoms with E-state index in [0.29, 0.717) is 38.2 Å². The predicted molar refractivity (Wildman–Crippen MR) is 114 cm³/mol. The Labute approximate surface area is 175 Å². The minimum atomic E-state index is -0.352. The lowest BCUT2D eigenvalue weighted by Gasteiger charge is -2.36. The summed E-state index contributed by atoms with van der Waals surface area (Å²) in [6, 6.07) is 15.0. The van der Waals surface area contributed by atoms with Gasteiger partial charge in [-0.3, -0.25) is 19.5 Å². The van der Waals surface area contributed by atoms with E-state index in [1.54, 1.807) is 0 Å². The van der Waals surface area contributed by atoms with Crippen molar-refractivity contribution in [1.82, 2.24) is 9.80 Å². The number of carbonyl (C=O) groups excluding carboxylic acids is 2. The average molecular weight is 408 g/mol. The maximum Gasteiger partial charge on any atom is 0.247 e. The first kappa shape index (κ1) is 20.2. The van der Waals surface area contributed by atoms with E-state index in [-0.39, 0.29) is 30.1 Å². The van der Waals surface area contributed by atoms with Crippen LogP contribution in [0.5, 0.6) is 0 Å². The number of hydrogen-bond acceptors (Lipinski definition) is 5. The van der Waals surface area contributed by atoms with Crippen molar-refractivity contribution in [3.8, 4) is 0 Å². The molecule has 1 unspecified atom stereocenters. The number of ketones is 1. The van der Waals surface area contributed by atoms with Gasteiger partial charge in [-0.15, -0.1) is 0 Å². The highest BCUT2D eigenvalue weighted by Gasteiger charge is 2.36. The Morgan fingerprint density at radius 3 is 2.33 bits per heavy atom. The summed E-state index contributed by atoms with van der Waals surface area (Å²) in [5.74, 6) is -0.317. The molecule has 2 aliphatic rings. The summed E-state index contributed by atoms with van der Waals surface area (Å²) in [6.07, 6.45) is 0.622. The number of anilines is 1. The minimum Gasteiger partial charge on any atom is -0.338 e. The Morgan fingerprint density at radius 1 is 1.00 bits per heavy atom. The lowest BCUT2D eigenvalue weighted by Crippen LogP contribution is -2.54. The van der Waals surface area contributed by atoms with Gasteiger partial charge in [-0.1, -0.05) is 18.2 Å². The Morgan fingerprint density at radius 2 is 1.67 bits per heavy atom. The summed E-state index contributed by atoms with van der Waals surface area (Å²) < 4.78 is 13.0. The number of benzene rings is 2. The highest BCUT2D eigenvalue weighted by molar-refractivity contribution is 5.98. The molecule has 0 saturated carbocycles. The van der Waals surface area contributed by atoms with Crippen molar-refractivity contribution in [2.24, 2.45) is 5.10 Å². The van der Waals surface area contributed by atoms with Gasteiger partial charge in [0.15, 0.2) is 5.78 Å². The summed E-state index contributed by atoms with van der Waals surface area (Å²) in [4.78, 5) is 29.5. The van der Waals surface area contributed by atoms with Crippen molar-refractivity contribution in [3.63, 3.8) is 0 Å². The van der Waals surface area contributed by atoms with Gasteiger partial charge >= 0.3 is 0 Å². The summed E-state index contributed by atoms with van der Waals surface area (Å²) in [5, 5.41) is 6.39. The van der Waals surface area contributed by atoms with Gasteiger partial charge in [0.2, 0.25) is 5.91 Å². The fourth-order valence-corrected chi connectivity index (χ4v) is 3.94. The third kappa shape index (κ3) is 4.41. The van der Waals surface area contributed by atoms with E-state index in [2.05, 4.69) is 5.10 Å². The molecule has 2 aromatic carbocycles. The number of halogens is 1. The highest BCUT2D eigenvalue weighted by Crippen LogP contribution is 2.26. The van der Waals surface area contributed by atoms with Crippen LogP contribution in [0.2, 0.25) is 0 Å². The Balaban J connectivity index is 1.34. The molecule has 2 heterocycles. The number of Topliss-reactive ketones (excluding diaryl/α,β-unsaturated/α-hetero) is 1. The number of carbonyl (C=O) groups is 2. The Kier molecular flexibility index (Phi) is 5.90. The van der Waals surface area contributed by atoms with Gasteiger partial charge < -0.3 is 4.90 Å². The van der Waals surface area contributed by atoms with Crippen molar-refractivity contribution >= 4 is 23.1 Å². The molecule has 6 nitrogen and oxygen atoms in total. The van der Waals surface area contributed by atoms with Crippen molar-refractivity contribution in [1.29, 1.82) is 0 Å². The molecular weight excluding hydrogens is 383 g/mol. The third-order valence-electron chi connectivity index (χ3n) is 5.59. The lowest BCUT2D eigenvalue weighted by atomic mass is 10.1. The van der Waals surface area contributed by atoms with Gasteiger partial charge in [0.05, 0.1) is 12.2 Å². The molecular formula is C23H25FN4O2. The molecule has 2 aromatic rings. The van der Waals surface area contributed by atoms with Gasteiger partial charge in [0.25, 0.3) is 0 Å². The number of hydrazone groups is 1. The van der Waals surface area contributed by atoms with Crippen LogP contribution >= 0.6 is 0 Å². The number of para-hydroxylation sites is 1. The third-order valence-corrected chi connectivity index (χ3v) is 5.59. The molecule has 1 atom stereocenters. The molecule has 156 valence electrons. The van der Waals surface area contributed by atoms with Crippen molar-refractivity contribution in [2.45, 2.75) is 19.4 Å². The molecule has 0 radical (unpaired) electrons. The zero-order valence-electron chi connectivity index (χ0n) is 17.0. The molecule has 7 heteroatoms. The fourth-order valence-electron chi connectivity index (χ4n) is 3.94. The molecule has 0 aliphatic carbocycles. The second-order valence-electron chi connectivity index (χ2n) is 7.77. The number of hydrogen-bond donors (Lipinski definition) is 0. The zero-order chi connectivity index (χ0) is 21.1. The van der Waals surface area contributed by atoms with E-state index in [9.17, 15) is 14.0 Å². The van der Waals surface area contributed by atoms with Crippen LogP contribution in [-0.4, -0.2) is 66.0 Å². The van der Waals surface area contributed by atoms with Crippen molar-refractivity contribution < 1.29 is 14.0 Å². The molecule has 30 heavy (non-hydrogen) atoms. The van der Waals surface area contributed by atoms with Crippen molar-refractivity contribution in [2.75, 3.05) is 37.7 Å². The van der Waals surface area contributed by atoms with E-state index in [4.69, 9.17) is 0 Å². The number of piperazine rings is 1. The monoisotopic (exact) mass is 408 g/mol. The number of nitrogens with zero attached hydrogens (tertiary/aromatic N) is 4. The first-order valence-corrected chi connectivity index (χ1v) is 10.2. The quantitative estimate of drug-likeness (QED) is 0.714. The van der Waals surface area contributed by atoms with Gasteiger partial charge in [0, 0.05) is 43.9 Å². The van der Waals surface area contributed by atoms with E-state index >= 15 is 0 Å². The summed E-state index contributed by atoms with van der Waals surface area (Å²) in [7, 11) is 0. The smallest absolute Gasteiger partial charge is 0.247 e. The predicted octanol–water partition coefficient (Wildman–Crippen LogP) is 2.81. The van der Waals surface area contributed by atoms with Crippen LogP contribution in [0.4, 0.5) is 10.1 Å². The number of amides is 1.